The number of nitrogens with two attached hydrogens (primary N) is 2. The number of aromatic nitrogens is 3. The molecule has 1 atom stereocenters. The highest BCUT2D eigenvalue weighted by Gasteiger charge is 2.24. The minimum absolute atomic E-state index is 0.00228. The van der Waals surface area contributed by atoms with Crippen molar-refractivity contribution in [3.63, 3.8) is 0 Å². The normalized spacial score (nSPS) is 12.0. The number of anilines is 3. The molecule has 0 aliphatic heterocycles. The molecule has 12 heteroatoms. The maximum absolute atomic E-state index is 14.6. The summed E-state index contributed by atoms with van der Waals surface area (Å²) >= 11 is 0. The summed E-state index contributed by atoms with van der Waals surface area (Å²) in [4.78, 5) is 22.0. The Morgan fingerprint density at radius 2 is 1.89 bits per heavy atom. The number of pyridine rings is 1. The lowest BCUT2D eigenvalue weighted by atomic mass is 10.1. The Morgan fingerprint density at radius 1 is 1.14 bits per heavy atom. The van der Waals surface area contributed by atoms with Gasteiger partial charge in [0.2, 0.25) is 0 Å². The Hall–Kier alpha value is -4.66. The van der Waals surface area contributed by atoms with E-state index in [0.29, 0.717) is 6.07 Å². The molecule has 0 unspecified atom stereocenters. The maximum atomic E-state index is 14.6. The lowest BCUT2D eigenvalue weighted by molar-refractivity contribution is 0.151. The van der Waals surface area contributed by atoms with Crippen LogP contribution in [-0.2, 0) is 0 Å². The number of hydrogen-bond acceptors (Lipinski definition) is 7. The fourth-order valence-electron chi connectivity index (χ4n) is 3.86. The van der Waals surface area contributed by atoms with E-state index in [9.17, 15) is 27.6 Å². The average Bonchev–Trinajstić information content (AvgIpc) is 2.81. The quantitative estimate of drug-likeness (QED) is 0.331. The number of rotatable bonds is 6. The summed E-state index contributed by atoms with van der Waals surface area (Å²) in [6, 6.07) is 8.60. The van der Waals surface area contributed by atoms with Gasteiger partial charge in [0.25, 0.3) is 12.0 Å². The second-order valence-corrected chi connectivity index (χ2v) is 7.86. The Bertz CT molecular complexity index is 1580. The first-order valence-corrected chi connectivity index (χ1v) is 10.7. The van der Waals surface area contributed by atoms with Gasteiger partial charge < -0.3 is 16.8 Å². The minimum atomic E-state index is -3.03. The molecule has 2 heterocycles. The highest BCUT2D eigenvalue weighted by molar-refractivity contribution is 5.79. The number of nitrogens with one attached hydrogen (secondary N) is 1. The number of nitrogen functional groups attached to an aromatic ring is 2. The Kier molecular flexibility index (Phi) is 6.48. The van der Waals surface area contributed by atoms with Crippen molar-refractivity contribution in [2.75, 3.05) is 16.8 Å². The van der Waals surface area contributed by atoms with Crippen LogP contribution in [0.25, 0.3) is 16.6 Å². The van der Waals surface area contributed by atoms with E-state index in [1.54, 1.807) is 6.92 Å². The smallest absolute Gasteiger partial charge is 0.269 e. The molecule has 0 aliphatic carbocycles. The summed E-state index contributed by atoms with van der Waals surface area (Å²) in [6.45, 7) is 1.71. The first-order valence-electron chi connectivity index (χ1n) is 10.7. The Balaban J connectivity index is 2.02. The zero-order chi connectivity index (χ0) is 26.1. The molecule has 8 nitrogen and oxygen atoms in total. The summed E-state index contributed by atoms with van der Waals surface area (Å²) in [5.74, 6) is -1.95. The molecule has 0 radical (unpaired) electrons. The van der Waals surface area contributed by atoms with Crippen molar-refractivity contribution in [3.8, 4) is 11.8 Å². The van der Waals surface area contributed by atoms with E-state index in [1.807, 2.05) is 6.07 Å². The lowest BCUT2D eigenvalue weighted by Crippen LogP contribution is -2.29. The SMILES string of the molecule is CC[C@H](Nc1nc(N)cc(N)c1C#N)c1nc2cccc(F)c2c(=O)n1-c1cc(F)cc(C(F)F)c1. The standard InChI is InChI=1S/C24H19F4N7O/c1-2-17(32-22-14(10-29)16(30)9-19(31)34-22)23-33-18-5-3-4-15(26)20(18)24(36)35(23)13-7-11(21(27)28)6-12(25)8-13/h3-9,17,21H,2H2,1H3,(H5,30,31,32,34)/t17-/m0/s1. The third kappa shape index (κ3) is 4.38. The van der Waals surface area contributed by atoms with Gasteiger partial charge in [-0.2, -0.15) is 5.26 Å². The van der Waals surface area contributed by atoms with Crippen LogP contribution < -0.4 is 22.3 Å². The van der Waals surface area contributed by atoms with E-state index in [1.165, 1.54) is 18.2 Å². The van der Waals surface area contributed by atoms with Gasteiger partial charge in [-0.3, -0.25) is 9.36 Å². The minimum Gasteiger partial charge on any atom is -0.397 e. The van der Waals surface area contributed by atoms with Gasteiger partial charge in [-0.15, -0.1) is 0 Å². The molecule has 0 saturated heterocycles. The second-order valence-electron chi connectivity index (χ2n) is 7.86. The first-order chi connectivity index (χ1) is 17.1. The molecule has 4 aromatic rings. The first kappa shape index (κ1) is 24.5. The zero-order valence-electron chi connectivity index (χ0n) is 18.8. The third-order valence-electron chi connectivity index (χ3n) is 5.50. The van der Waals surface area contributed by atoms with Crippen LogP contribution in [0.4, 0.5) is 34.9 Å². The van der Waals surface area contributed by atoms with E-state index >= 15 is 0 Å². The molecular weight excluding hydrogens is 478 g/mol. The molecule has 184 valence electrons. The molecule has 0 spiro atoms. The van der Waals surface area contributed by atoms with Gasteiger partial charge in [0.1, 0.15) is 46.1 Å². The monoisotopic (exact) mass is 497 g/mol. The van der Waals surface area contributed by atoms with Crippen molar-refractivity contribution in [1.82, 2.24) is 14.5 Å². The molecule has 0 fully saturated rings. The van der Waals surface area contributed by atoms with Crippen molar-refractivity contribution in [2.45, 2.75) is 25.8 Å². The van der Waals surface area contributed by atoms with Crippen molar-refractivity contribution in [3.05, 3.63) is 81.4 Å². The lowest BCUT2D eigenvalue weighted by Gasteiger charge is -2.23. The van der Waals surface area contributed by atoms with Crippen LogP contribution in [0, 0.1) is 23.0 Å². The highest BCUT2D eigenvalue weighted by atomic mass is 19.3. The summed E-state index contributed by atoms with van der Waals surface area (Å²) in [5, 5.41) is 12.1. The van der Waals surface area contributed by atoms with Gasteiger partial charge in [0.15, 0.2) is 0 Å². The fraction of sp³-hybridized carbons (Fsp3) is 0.167. The largest absolute Gasteiger partial charge is 0.397 e. The van der Waals surface area contributed by atoms with E-state index in [4.69, 9.17) is 11.5 Å². The molecule has 0 amide bonds. The van der Waals surface area contributed by atoms with Crippen molar-refractivity contribution >= 4 is 28.2 Å². The van der Waals surface area contributed by atoms with Gasteiger partial charge in [0, 0.05) is 11.6 Å². The molecule has 4 rings (SSSR count). The van der Waals surface area contributed by atoms with Crippen molar-refractivity contribution in [1.29, 1.82) is 5.26 Å². The third-order valence-corrected chi connectivity index (χ3v) is 5.50. The predicted molar refractivity (Wildman–Crippen MR) is 127 cm³/mol. The van der Waals surface area contributed by atoms with Crippen LogP contribution in [0.5, 0.6) is 0 Å². The van der Waals surface area contributed by atoms with Crippen molar-refractivity contribution in [2.24, 2.45) is 0 Å². The Labute approximate surface area is 201 Å². The maximum Gasteiger partial charge on any atom is 0.269 e. The van der Waals surface area contributed by atoms with Crippen LogP contribution >= 0.6 is 0 Å². The number of alkyl halides is 2. The number of nitriles is 1. The van der Waals surface area contributed by atoms with Crippen LogP contribution in [0.2, 0.25) is 0 Å². The van der Waals surface area contributed by atoms with Crippen LogP contribution in [0.3, 0.4) is 0 Å². The van der Waals surface area contributed by atoms with E-state index in [-0.39, 0.29) is 46.3 Å². The van der Waals surface area contributed by atoms with Gasteiger partial charge in [-0.05, 0) is 36.8 Å². The molecule has 0 bridgehead atoms. The van der Waals surface area contributed by atoms with E-state index in [2.05, 4.69) is 15.3 Å². The molecular formula is C24H19F4N7O. The summed E-state index contributed by atoms with van der Waals surface area (Å²) in [6.07, 6.45) is -2.80. The number of hydrogen-bond donors (Lipinski definition) is 3. The number of halogens is 4. The average molecular weight is 497 g/mol. The number of nitrogens with zero attached hydrogens (tertiary/aromatic N) is 4. The zero-order valence-corrected chi connectivity index (χ0v) is 18.8. The number of benzene rings is 2. The topological polar surface area (TPSA) is 136 Å². The molecule has 36 heavy (non-hydrogen) atoms. The molecule has 0 saturated carbocycles. The summed E-state index contributed by atoms with van der Waals surface area (Å²) in [5.41, 5.74) is 9.81. The van der Waals surface area contributed by atoms with Gasteiger partial charge >= 0.3 is 0 Å². The highest BCUT2D eigenvalue weighted by Crippen LogP contribution is 2.30. The van der Waals surface area contributed by atoms with Crippen LogP contribution in [0.1, 0.15) is 42.8 Å². The van der Waals surface area contributed by atoms with E-state index in [0.717, 1.165) is 22.8 Å². The van der Waals surface area contributed by atoms with Gasteiger partial charge in [-0.1, -0.05) is 13.0 Å². The Morgan fingerprint density at radius 3 is 2.56 bits per heavy atom. The van der Waals surface area contributed by atoms with Gasteiger partial charge in [-0.25, -0.2) is 27.5 Å². The molecule has 5 N–H and O–H groups in total. The van der Waals surface area contributed by atoms with Crippen molar-refractivity contribution < 1.29 is 17.6 Å². The van der Waals surface area contributed by atoms with Gasteiger partial charge in [0.05, 0.1) is 22.9 Å². The predicted octanol–water partition coefficient (Wildman–Crippen LogP) is 4.60. The summed E-state index contributed by atoms with van der Waals surface area (Å²) < 4.78 is 56.7. The van der Waals surface area contributed by atoms with E-state index < -0.39 is 40.6 Å². The molecule has 2 aromatic carbocycles. The van der Waals surface area contributed by atoms with Crippen LogP contribution in [0.15, 0.2) is 47.3 Å². The number of fused-ring (bicyclic) bond motifs is 1. The molecule has 2 aromatic heterocycles. The fourth-order valence-corrected chi connectivity index (χ4v) is 3.86. The summed E-state index contributed by atoms with van der Waals surface area (Å²) in [7, 11) is 0. The van der Waals surface area contributed by atoms with Crippen LogP contribution in [-0.4, -0.2) is 14.5 Å². The molecule has 0 aliphatic rings. The second kappa shape index (κ2) is 9.53.